The molecule has 1 heterocycles. The third-order valence-electron chi connectivity index (χ3n) is 2.24. The minimum atomic E-state index is 0.518. The molecule has 1 aromatic carbocycles. The van der Waals surface area contributed by atoms with Gasteiger partial charge in [0.05, 0.1) is 0 Å². The molecule has 3 nitrogen and oxygen atoms in total. The largest absolute Gasteiger partial charge is 0.486 e. The standard InChI is InChI=1S/C12H17NO2S/c1-9(2)13-8-16-10-3-4-11-12(7-10)15-6-5-14-11/h3-4,7,9,13H,5-6,8H2,1-2H3. The van der Waals surface area contributed by atoms with Crippen LogP contribution in [0.3, 0.4) is 0 Å². The van der Waals surface area contributed by atoms with Gasteiger partial charge in [-0.2, -0.15) is 0 Å². The van der Waals surface area contributed by atoms with Crippen LogP contribution < -0.4 is 14.8 Å². The predicted molar refractivity (Wildman–Crippen MR) is 66.4 cm³/mol. The molecule has 16 heavy (non-hydrogen) atoms. The fourth-order valence-corrected chi connectivity index (χ4v) is 2.34. The van der Waals surface area contributed by atoms with Gasteiger partial charge in [-0.3, -0.25) is 0 Å². The summed E-state index contributed by atoms with van der Waals surface area (Å²) in [6.45, 7) is 5.58. The Bertz CT molecular complexity index is 355. The second-order valence-electron chi connectivity index (χ2n) is 3.95. The fraction of sp³-hybridized carbons (Fsp3) is 0.500. The topological polar surface area (TPSA) is 30.5 Å². The lowest BCUT2D eigenvalue weighted by Gasteiger charge is -2.18. The van der Waals surface area contributed by atoms with E-state index in [-0.39, 0.29) is 0 Å². The lowest BCUT2D eigenvalue weighted by molar-refractivity contribution is 0.171. The SMILES string of the molecule is CC(C)NCSc1ccc2c(c1)OCCO2. The molecule has 4 heteroatoms. The zero-order chi connectivity index (χ0) is 11.4. The molecule has 88 valence electrons. The molecular weight excluding hydrogens is 222 g/mol. The van der Waals surface area contributed by atoms with Crippen LogP contribution in [0.5, 0.6) is 11.5 Å². The second-order valence-corrected chi connectivity index (χ2v) is 5.00. The normalized spacial score (nSPS) is 14.2. The van der Waals surface area contributed by atoms with Gasteiger partial charge in [0.15, 0.2) is 11.5 Å². The summed E-state index contributed by atoms with van der Waals surface area (Å²) in [7, 11) is 0. The highest BCUT2D eigenvalue weighted by atomic mass is 32.2. The minimum Gasteiger partial charge on any atom is -0.486 e. The molecule has 0 saturated heterocycles. The van der Waals surface area contributed by atoms with Crippen LogP contribution >= 0.6 is 11.8 Å². The number of hydrogen-bond acceptors (Lipinski definition) is 4. The summed E-state index contributed by atoms with van der Waals surface area (Å²) in [5.74, 6) is 2.63. The van der Waals surface area contributed by atoms with E-state index < -0.39 is 0 Å². The molecule has 0 saturated carbocycles. The molecule has 0 fully saturated rings. The second kappa shape index (κ2) is 5.46. The van der Waals surface area contributed by atoms with Crippen molar-refractivity contribution in [3.05, 3.63) is 18.2 Å². The van der Waals surface area contributed by atoms with Gasteiger partial charge in [0, 0.05) is 16.8 Å². The number of fused-ring (bicyclic) bond motifs is 1. The Morgan fingerprint density at radius 3 is 2.75 bits per heavy atom. The summed E-state index contributed by atoms with van der Waals surface area (Å²) in [5.41, 5.74) is 0. The molecule has 0 amide bonds. The van der Waals surface area contributed by atoms with Gasteiger partial charge in [0.25, 0.3) is 0 Å². The summed E-state index contributed by atoms with van der Waals surface area (Å²) in [4.78, 5) is 1.21. The highest BCUT2D eigenvalue weighted by molar-refractivity contribution is 7.99. The summed E-state index contributed by atoms with van der Waals surface area (Å²) >= 11 is 1.77. The third kappa shape index (κ3) is 3.06. The monoisotopic (exact) mass is 239 g/mol. The van der Waals surface area contributed by atoms with E-state index in [0.717, 1.165) is 17.4 Å². The van der Waals surface area contributed by atoms with Gasteiger partial charge in [-0.25, -0.2) is 0 Å². The Labute approximate surface area is 101 Å². The van der Waals surface area contributed by atoms with E-state index in [9.17, 15) is 0 Å². The average molecular weight is 239 g/mol. The molecule has 0 atom stereocenters. The van der Waals surface area contributed by atoms with E-state index in [1.807, 2.05) is 12.1 Å². The van der Waals surface area contributed by atoms with Gasteiger partial charge in [-0.15, -0.1) is 11.8 Å². The molecule has 0 unspecified atom stereocenters. The maximum Gasteiger partial charge on any atom is 0.162 e. The number of thioether (sulfide) groups is 1. The number of ether oxygens (including phenoxy) is 2. The fourth-order valence-electron chi connectivity index (χ4n) is 1.41. The Morgan fingerprint density at radius 2 is 2.00 bits per heavy atom. The van der Waals surface area contributed by atoms with Crippen LogP contribution in [-0.2, 0) is 0 Å². The summed E-state index contributed by atoms with van der Waals surface area (Å²) in [5, 5.41) is 3.36. The third-order valence-corrected chi connectivity index (χ3v) is 3.14. The van der Waals surface area contributed by atoms with Crippen molar-refractivity contribution in [2.45, 2.75) is 24.8 Å². The van der Waals surface area contributed by atoms with Gasteiger partial charge >= 0.3 is 0 Å². The Balaban J connectivity index is 1.95. The van der Waals surface area contributed by atoms with Crippen LogP contribution in [0.4, 0.5) is 0 Å². The van der Waals surface area contributed by atoms with Gasteiger partial charge < -0.3 is 14.8 Å². The minimum absolute atomic E-state index is 0.518. The Morgan fingerprint density at radius 1 is 1.25 bits per heavy atom. The van der Waals surface area contributed by atoms with Gasteiger partial charge in [0.2, 0.25) is 0 Å². The molecule has 1 aliphatic heterocycles. The first-order valence-corrected chi connectivity index (χ1v) is 6.50. The zero-order valence-electron chi connectivity index (χ0n) is 9.66. The number of rotatable bonds is 4. The van der Waals surface area contributed by atoms with Crippen LogP contribution in [-0.4, -0.2) is 25.1 Å². The summed E-state index contributed by atoms with van der Waals surface area (Å²) in [6, 6.07) is 6.61. The molecule has 0 aromatic heterocycles. The Hall–Kier alpha value is -0.870. The van der Waals surface area contributed by atoms with Crippen molar-refractivity contribution >= 4 is 11.8 Å². The highest BCUT2D eigenvalue weighted by Gasteiger charge is 2.11. The first-order chi connectivity index (χ1) is 7.75. The highest BCUT2D eigenvalue weighted by Crippen LogP contribution is 2.33. The average Bonchev–Trinajstić information content (AvgIpc) is 2.28. The van der Waals surface area contributed by atoms with Gasteiger partial charge in [-0.1, -0.05) is 13.8 Å². The quantitative estimate of drug-likeness (QED) is 0.646. The van der Waals surface area contributed by atoms with E-state index in [0.29, 0.717) is 19.3 Å². The van der Waals surface area contributed by atoms with E-state index in [1.54, 1.807) is 11.8 Å². The molecule has 2 rings (SSSR count). The lowest BCUT2D eigenvalue weighted by Crippen LogP contribution is -2.21. The van der Waals surface area contributed by atoms with Gasteiger partial charge in [-0.05, 0) is 18.2 Å². The zero-order valence-corrected chi connectivity index (χ0v) is 10.5. The number of hydrogen-bond donors (Lipinski definition) is 1. The van der Waals surface area contributed by atoms with Crippen LogP contribution in [0.2, 0.25) is 0 Å². The van der Waals surface area contributed by atoms with Crippen LogP contribution in [0, 0.1) is 0 Å². The van der Waals surface area contributed by atoms with Crippen molar-refractivity contribution in [2.24, 2.45) is 0 Å². The van der Waals surface area contributed by atoms with Crippen molar-refractivity contribution in [1.82, 2.24) is 5.32 Å². The molecule has 0 spiro atoms. The summed E-state index contributed by atoms with van der Waals surface area (Å²) in [6.07, 6.45) is 0. The first kappa shape index (κ1) is 11.6. The number of benzene rings is 1. The lowest BCUT2D eigenvalue weighted by atomic mass is 10.3. The van der Waals surface area contributed by atoms with Crippen LogP contribution in [0.1, 0.15) is 13.8 Å². The van der Waals surface area contributed by atoms with Crippen molar-refractivity contribution in [3.8, 4) is 11.5 Å². The maximum absolute atomic E-state index is 5.53. The van der Waals surface area contributed by atoms with Crippen molar-refractivity contribution < 1.29 is 9.47 Å². The Kier molecular flexibility index (Phi) is 3.96. The maximum atomic E-state index is 5.53. The molecule has 0 radical (unpaired) electrons. The van der Waals surface area contributed by atoms with Crippen LogP contribution in [0.25, 0.3) is 0 Å². The van der Waals surface area contributed by atoms with E-state index in [1.165, 1.54) is 4.90 Å². The van der Waals surface area contributed by atoms with Crippen molar-refractivity contribution in [2.75, 3.05) is 19.1 Å². The van der Waals surface area contributed by atoms with Gasteiger partial charge in [0.1, 0.15) is 13.2 Å². The number of nitrogens with one attached hydrogen (secondary N) is 1. The van der Waals surface area contributed by atoms with E-state index in [4.69, 9.17) is 9.47 Å². The first-order valence-electron chi connectivity index (χ1n) is 5.51. The molecule has 1 aromatic rings. The molecule has 1 N–H and O–H groups in total. The molecule has 0 bridgehead atoms. The summed E-state index contributed by atoms with van der Waals surface area (Å²) < 4.78 is 11.0. The predicted octanol–water partition coefficient (Wildman–Crippen LogP) is 2.51. The van der Waals surface area contributed by atoms with Crippen LogP contribution in [0.15, 0.2) is 23.1 Å². The molecule has 0 aliphatic carbocycles. The van der Waals surface area contributed by atoms with Crippen molar-refractivity contribution in [1.29, 1.82) is 0 Å². The van der Waals surface area contributed by atoms with E-state index in [2.05, 4.69) is 25.2 Å². The van der Waals surface area contributed by atoms with E-state index >= 15 is 0 Å². The molecular formula is C12H17NO2S. The molecule has 1 aliphatic rings. The van der Waals surface area contributed by atoms with Crippen molar-refractivity contribution in [3.63, 3.8) is 0 Å². The smallest absolute Gasteiger partial charge is 0.162 e.